The molecule has 0 saturated heterocycles. The van der Waals surface area contributed by atoms with Crippen LogP contribution < -0.4 is 5.32 Å². The molecule has 0 aliphatic rings. The van der Waals surface area contributed by atoms with Gasteiger partial charge in [0.15, 0.2) is 0 Å². The molecule has 106 valence electrons. The van der Waals surface area contributed by atoms with Crippen molar-refractivity contribution in [3.8, 4) is 11.1 Å². The van der Waals surface area contributed by atoms with Gasteiger partial charge in [0.1, 0.15) is 11.6 Å². The molecule has 0 aliphatic heterocycles. The van der Waals surface area contributed by atoms with Crippen LogP contribution >= 0.6 is 0 Å². The molecular weight excluding hydrogens is 256 g/mol. The maximum atomic E-state index is 14.0. The highest BCUT2D eigenvalue weighted by Gasteiger charge is 2.09. The molecule has 0 aromatic heterocycles. The smallest absolute Gasteiger partial charge is 0.131 e. The predicted octanol–water partition coefficient (Wildman–Crippen LogP) is 4.44. The van der Waals surface area contributed by atoms with Gasteiger partial charge in [0.05, 0.1) is 0 Å². The Bertz CT molecular complexity index is 594. The summed E-state index contributed by atoms with van der Waals surface area (Å²) in [5.41, 5.74) is 2.41. The van der Waals surface area contributed by atoms with Crippen molar-refractivity contribution < 1.29 is 8.78 Å². The highest BCUT2D eigenvalue weighted by atomic mass is 19.1. The molecule has 0 heterocycles. The minimum absolute atomic E-state index is 0.311. The second kappa shape index (κ2) is 6.62. The Morgan fingerprint density at radius 1 is 1.05 bits per heavy atom. The molecule has 0 unspecified atom stereocenters. The van der Waals surface area contributed by atoms with Crippen molar-refractivity contribution in [2.45, 2.75) is 26.8 Å². The first-order valence-corrected chi connectivity index (χ1v) is 6.87. The summed E-state index contributed by atoms with van der Waals surface area (Å²) in [5.74, 6) is -0.765. The predicted molar refractivity (Wildman–Crippen MR) is 78.5 cm³/mol. The quantitative estimate of drug-likeness (QED) is 0.795. The van der Waals surface area contributed by atoms with Gasteiger partial charge in [-0.05, 0) is 54.8 Å². The number of nitrogens with one attached hydrogen (secondary N) is 1. The molecule has 0 amide bonds. The summed E-state index contributed by atoms with van der Waals surface area (Å²) in [6, 6.07) is 10.1. The van der Waals surface area contributed by atoms with Crippen molar-refractivity contribution in [3.05, 3.63) is 59.2 Å². The largest absolute Gasteiger partial charge is 0.313 e. The van der Waals surface area contributed by atoms with Gasteiger partial charge in [0.25, 0.3) is 0 Å². The van der Waals surface area contributed by atoms with Gasteiger partial charge in [0, 0.05) is 12.1 Å². The number of rotatable bonds is 5. The average molecular weight is 275 g/mol. The van der Waals surface area contributed by atoms with E-state index in [-0.39, 0.29) is 11.6 Å². The summed E-state index contributed by atoms with van der Waals surface area (Å²) >= 11 is 0. The molecule has 0 fully saturated rings. The summed E-state index contributed by atoms with van der Waals surface area (Å²) in [7, 11) is 0. The summed E-state index contributed by atoms with van der Waals surface area (Å²) in [5, 5.41) is 3.30. The average Bonchev–Trinajstić information content (AvgIpc) is 2.43. The highest BCUT2D eigenvalue weighted by Crippen LogP contribution is 2.26. The van der Waals surface area contributed by atoms with Crippen molar-refractivity contribution in [2.75, 3.05) is 6.54 Å². The fourth-order valence-corrected chi connectivity index (χ4v) is 2.13. The molecule has 0 saturated carbocycles. The van der Waals surface area contributed by atoms with Gasteiger partial charge in [-0.25, -0.2) is 8.78 Å². The number of hydrogen-bond donors (Lipinski definition) is 1. The van der Waals surface area contributed by atoms with E-state index in [1.807, 2.05) is 18.2 Å². The van der Waals surface area contributed by atoms with Gasteiger partial charge in [-0.15, -0.1) is 0 Å². The molecule has 0 radical (unpaired) electrons. The Labute approximate surface area is 118 Å². The van der Waals surface area contributed by atoms with Crippen LogP contribution in [0, 0.1) is 18.6 Å². The summed E-state index contributed by atoms with van der Waals surface area (Å²) < 4.78 is 27.6. The van der Waals surface area contributed by atoms with Crippen LogP contribution in [0.3, 0.4) is 0 Å². The lowest BCUT2D eigenvalue weighted by Gasteiger charge is -2.09. The third-order valence-electron chi connectivity index (χ3n) is 3.24. The van der Waals surface area contributed by atoms with Gasteiger partial charge in [-0.1, -0.05) is 25.1 Å². The topological polar surface area (TPSA) is 12.0 Å². The van der Waals surface area contributed by atoms with E-state index in [0.717, 1.165) is 25.1 Å². The van der Waals surface area contributed by atoms with Gasteiger partial charge in [-0.3, -0.25) is 0 Å². The summed E-state index contributed by atoms with van der Waals surface area (Å²) in [6.07, 6.45) is 1.07. The zero-order chi connectivity index (χ0) is 14.5. The summed E-state index contributed by atoms with van der Waals surface area (Å²) in [4.78, 5) is 0. The SMILES string of the molecule is CCCNCc1cccc(-c2cc(F)c(C)cc2F)c1. The molecule has 0 atom stereocenters. The molecule has 3 heteroatoms. The zero-order valence-electron chi connectivity index (χ0n) is 11.8. The van der Waals surface area contributed by atoms with E-state index < -0.39 is 0 Å². The molecule has 1 N–H and O–H groups in total. The second-order valence-electron chi connectivity index (χ2n) is 4.96. The summed E-state index contributed by atoms with van der Waals surface area (Å²) in [6.45, 7) is 5.34. The standard InChI is InChI=1S/C17H19F2N/c1-3-7-20-11-13-5-4-6-14(9-13)15-10-16(18)12(2)8-17(15)19/h4-6,8-10,20H,3,7,11H2,1-2H3. The van der Waals surface area contributed by atoms with Crippen LogP contribution in [0.4, 0.5) is 8.78 Å². The normalized spacial score (nSPS) is 10.8. The lowest BCUT2D eigenvalue weighted by Crippen LogP contribution is -2.13. The van der Waals surface area contributed by atoms with Crippen LogP contribution in [0.1, 0.15) is 24.5 Å². The lowest BCUT2D eigenvalue weighted by molar-refractivity contribution is 0.595. The Balaban J connectivity index is 2.29. The molecule has 1 nitrogen and oxygen atoms in total. The molecule has 0 spiro atoms. The van der Waals surface area contributed by atoms with Gasteiger partial charge in [0.2, 0.25) is 0 Å². The van der Waals surface area contributed by atoms with E-state index >= 15 is 0 Å². The Hall–Kier alpha value is -1.74. The van der Waals surface area contributed by atoms with Crippen molar-refractivity contribution in [3.63, 3.8) is 0 Å². The fourth-order valence-electron chi connectivity index (χ4n) is 2.13. The monoisotopic (exact) mass is 275 g/mol. The number of benzene rings is 2. The van der Waals surface area contributed by atoms with E-state index in [0.29, 0.717) is 16.7 Å². The van der Waals surface area contributed by atoms with Crippen molar-refractivity contribution in [1.29, 1.82) is 0 Å². The molecular formula is C17H19F2N. The van der Waals surface area contributed by atoms with Crippen LogP contribution in [0.2, 0.25) is 0 Å². The maximum absolute atomic E-state index is 14.0. The molecule has 2 aromatic rings. The Morgan fingerprint density at radius 3 is 2.60 bits per heavy atom. The van der Waals surface area contributed by atoms with Gasteiger partial charge in [-0.2, -0.15) is 0 Å². The number of aryl methyl sites for hydroxylation is 1. The van der Waals surface area contributed by atoms with E-state index in [1.165, 1.54) is 12.1 Å². The van der Waals surface area contributed by atoms with Gasteiger partial charge < -0.3 is 5.32 Å². The van der Waals surface area contributed by atoms with Crippen LogP contribution in [0.25, 0.3) is 11.1 Å². The fraction of sp³-hybridized carbons (Fsp3) is 0.294. The van der Waals surface area contributed by atoms with Crippen LogP contribution in [0.5, 0.6) is 0 Å². The van der Waals surface area contributed by atoms with Crippen molar-refractivity contribution in [1.82, 2.24) is 5.32 Å². The van der Waals surface area contributed by atoms with E-state index in [4.69, 9.17) is 0 Å². The first kappa shape index (κ1) is 14.7. The third kappa shape index (κ3) is 3.42. The van der Waals surface area contributed by atoms with Crippen LogP contribution in [-0.2, 0) is 6.54 Å². The lowest BCUT2D eigenvalue weighted by atomic mass is 10.0. The van der Waals surface area contributed by atoms with E-state index in [1.54, 1.807) is 13.0 Å². The molecule has 20 heavy (non-hydrogen) atoms. The first-order chi connectivity index (χ1) is 9.61. The molecule has 2 rings (SSSR count). The Kier molecular flexibility index (Phi) is 4.85. The third-order valence-corrected chi connectivity index (χ3v) is 3.24. The second-order valence-corrected chi connectivity index (χ2v) is 4.96. The molecule has 2 aromatic carbocycles. The minimum Gasteiger partial charge on any atom is -0.313 e. The van der Waals surface area contributed by atoms with E-state index in [9.17, 15) is 8.78 Å². The molecule has 0 aliphatic carbocycles. The number of hydrogen-bond acceptors (Lipinski definition) is 1. The Morgan fingerprint density at radius 2 is 1.85 bits per heavy atom. The maximum Gasteiger partial charge on any atom is 0.131 e. The highest BCUT2D eigenvalue weighted by molar-refractivity contribution is 5.65. The van der Waals surface area contributed by atoms with Crippen LogP contribution in [-0.4, -0.2) is 6.54 Å². The minimum atomic E-state index is -0.387. The van der Waals surface area contributed by atoms with Crippen molar-refractivity contribution >= 4 is 0 Å². The van der Waals surface area contributed by atoms with Gasteiger partial charge >= 0.3 is 0 Å². The zero-order valence-corrected chi connectivity index (χ0v) is 11.8. The van der Waals surface area contributed by atoms with E-state index in [2.05, 4.69) is 12.2 Å². The first-order valence-electron chi connectivity index (χ1n) is 6.87. The molecule has 0 bridgehead atoms. The number of halogens is 2. The van der Waals surface area contributed by atoms with Crippen LogP contribution in [0.15, 0.2) is 36.4 Å². The van der Waals surface area contributed by atoms with Crippen molar-refractivity contribution in [2.24, 2.45) is 0 Å².